The molecule has 0 aliphatic heterocycles. The summed E-state index contributed by atoms with van der Waals surface area (Å²) in [6, 6.07) is -0.306. The average Bonchev–Trinajstić information content (AvgIpc) is 2.92. The first-order valence-electron chi connectivity index (χ1n) is 6.54. The highest BCUT2D eigenvalue weighted by atomic mass is 32.1. The van der Waals surface area contributed by atoms with Crippen molar-refractivity contribution in [3.63, 3.8) is 0 Å². The fourth-order valence-electron chi connectivity index (χ4n) is 2.15. The predicted octanol–water partition coefficient (Wildman–Crippen LogP) is 2.54. The number of ether oxygens (including phenoxy) is 1. The van der Waals surface area contributed by atoms with Crippen LogP contribution in [-0.4, -0.2) is 21.9 Å². The largest absolute Gasteiger partial charge is 0.481 e. The molecule has 0 amide bonds. The van der Waals surface area contributed by atoms with Gasteiger partial charge in [0.2, 0.25) is 5.88 Å². The van der Waals surface area contributed by atoms with E-state index in [0.29, 0.717) is 5.88 Å². The molecule has 110 valence electrons. The number of aryl methyl sites for hydroxylation is 2. The van der Waals surface area contributed by atoms with Gasteiger partial charge < -0.3 is 10.5 Å². The standard InChI is InChI=1S/C14H22N4OS/c1-8-10(13(19-6)18(5)17-8)11(15)12-16-9(7-20-12)14(2,3)4/h7,11H,15H2,1-6H3. The monoisotopic (exact) mass is 294 g/mol. The Labute approximate surface area is 123 Å². The zero-order valence-corrected chi connectivity index (χ0v) is 13.7. The van der Waals surface area contributed by atoms with E-state index in [1.54, 1.807) is 23.1 Å². The zero-order valence-electron chi connectivity index (χ0n) is 12.9. The minimum atomic E-state index is -0.306. The summed E-state index contributed by atoms with van der Waals surface area (Å²) in [6.45, 7) is 8.38. The molecular weight excluding hydrogens is 272 g/mol. The number of aromatic nitrogens is 3. The van der Waals surface area contributed by atoms with Crippen LogP contribution in [0.25, 0.3) is 0 Å². The minimum absolute atomic E-state index is 0.0303. The van der Waals surface area contributed by atoms with Gasteiger partial charge in [-0.2, -0.15) is 5.10 Å². The highest BCUT2D eigenvalue weighted by Gasteiger charge is 2.26. The lowest BCUT2D eigenvalue weighted by molar-refractivity contribution is 0.368. The van der Waals surface area contributed by atoms with Crippen LogP contribution in [0.2, 0.25) is 0 Å². The topological polar surface area (TPSA) is 66.0 Å². The van der Waals surface area contributed by atoms with Crippen molar-refractivity contribution >= 4 is 11.3 Å². The van der Waals surface area contributed by atoms with Crippen LogP contribution in [0.4, 0.5) is 0 Å². The summed E-state index contributed by atoms with van der Waals surface area (Å²) >= 11 is 1.59. The van der Waals surface area contributed by atoms with Crippen molar-refractivity contribution < 1.29 is 4.74 Å². The van der Waals surface area contributed by atoms with Crippen LogP contribution in [-0.2, 0) is 12.5 Å². The quantitative estimate of drug-likeness (QED) is 0.944. The maximum Gasteiger partial charge on any atom is 0.216 e. The summed E-state index contributed by atoms with van der Waals surface area (Å²) in [5, 5.41) is 7.34. The van der Waals surface area contributed by atoms with E-state index < -0.39 is 0 Å². The van der Waals surface area contributed by atoms with Gasteiger partial charge in [-0.1, -0.05) is 20.8 Å². The van der Waals surface area contributed by atoms with Crippen molar-refractivity contribution in [3.05, 3.63) is 27.3 Å². The number of hydrogen-bond acceptors (Lipinski definition) is 5. The summed E-state index contributed by atoms with van der Waals surface area (Å²) in [4.78, 5) is 4.68. The Balaban J connectivity index is 2.42. The fourth-order valence-corrected chi connectivity index (χ4v) is 3.21. The molecule has 0 aliphatic rings. The zero-order chi connectivity index (χ0) is 15.1. The molecule has 0 bridgehead atoms. The minimum Gasteiger partial charge on any atom is -0.481 e. The van der Waals surface area contributed by atoms with Gasteiger partial charge in [0, 0.05) is 17.8 Å². The molecule has 0 spiro atoms. The fraction of sp³-hybridized carbons (Fsp3) is 0.571. The molecule has 0 aromatic carbocycles. The highest BCUT2D eigenvalue weighted by molar-refractivity contribution is 7.09. The summed E-state index contributed by atoms with van der Waals surface area (Å²) in [5.41, 5.74) is 9.26. The third kappa shape index (κ3) is 2.58. The van der Waals surface area contributed by atoms with Crippen molar-refractivity contribution in [1.29, 1.82) is 0 Å². The van der Waals surface area contributed by atoms with Gasteiger partial charge in [-0.15, -0.1) is 11.3 Å². The van der Waals surface area contributed by atoms with E-state index in [4.69, 9.17) is 10.5 Å². The summed E-state index contributed by atoms with van der Waals surface area (Å²) in [7, 11) is 3.49. The molecule has 20 heavy (non-hydrogen) atoms. The molecule has 2 heterocycles. The Kier molecular flexibility index (Phi) is 3.88. The maximum absolute atomic E-state index is 6.38. The molecule has 1 atom stereocenters. The molecule has 0 aliphatic carbocycles. The lowest BCUT2D eigenvalue weighted by Gasteiger charge is -2.15. The van der Waals surface area contributed by atoms with Crippen LogP contribution in [0, 0.1) is 6.92 Å². The average molecular weight is 294 g/mol. The van der Waals surface area contributed by atoms with Crippen molar-refractivity contribution in [3.8, 4) is 5.88 Å². The Morgan fingerprint density at radius 2 is 2.05 bits per heavy atom. The van der Waals surface area contributed by atoms with E-state index in [1.807, 2.05) is 14.0 Å². The smallest absolute Gasteiger partial charge is 0.216 e. The summed E-state index contributed by atoms with van der Waals surface area (Å²) in [6.07, 6.45) is 0. The van der Waals surface area contributed by atoms with E-state index in [2.05, 4.69) is 36.2 Å². The molecule has 0 fully saturated rings. The van der Waals surface area contributed by atoms with Gasteiger partial charge >= 0.3 is 0 Å². The Bertz CT molecular complexity index is 609. The van der Waals surface area contributed by atoms with Crippen LogP contribution >= 0.6 is 11.3 Å². The van der Waals surface area contributed by atoms with Crippen molar-refractivity contribution in [2.24, 2.45) is 12.8 Å². The highest BCUT2D eigenvalue weighted by Crippen LogP contribution is 2.34. The van der Waals surface area contributed by atoms with Crippen LogP contribution in [0.3, 0.4) is 0 Å². The first kappa shape index (κ1) is 15.0. The lowest BCUT2D eigenvalue weighted by atomic mass is 9.93. The molecule has 0 saturated carbocycles. The summed E-state index contributed by atoms with van der Waals surface area (Å²) < 4.78 is 7.12. The number of methoxy groups -OCH3 is 1. The van der Waals surface area contributed by atoms with Gasteiger partial charge in [0.1, 0.15) is 5.01 Å². The Morgan fingerprint density at radius 3 is 2.55 bits per heavy atom. The van der Waals surface area contributed by atoms with Crippen LogP contribution in [0.5, 0.6) is 5.88 Å². The molecule has 0 saturated heterocycles. The maximum atomic E-state index is 6.38. The van der Waals surface area contributed by atoms with Crippen LogP contribution in [0.1, 0.15) is 48.8 Å². The first-order chi connectivity index (χ1) is 9.25. The van der Waals surface area contributed by atoms with Crippen molar-refractivity contribution in [1.82, 2.24) is 14.8 Å². The Hall–Kier alpha value is -1.40. The number of nitrogens with zero attached hydrogens (tertiary/aromatic N) is 3. The van der Waals surface area contributed by atoms with Crippen LogP contribution in [0.15, 0.2) is 5.38 Å². The lowest BCUT2D eigenvalue weighted by Crippen LogP contribution is -2.16. The molecule has 2 aromatic rings. The van der Waals surface area contributed by atoms with Crippen molar-refractivity contribution in [2.75, 3.05) is 7.11 Å². The molecule has 2 N–H and O–H groups in total. The van der Waals surface area contributed by atoms with Gasteiger partial charge in [0.25, 0.3) is 0 Å². The van der Waals surface area contributed by atoms with E-state index in [1.165, 1.54) is 0 Å². The number of nitrogens with two attached hydrogens (primary N) is 1. The van der Waals surface area contributed by atoms with Crippen LogP contribution < -0.4 is 10.5 Å². The Morgan fingerprint density at radius 1 is 1.40 bits per heavy atom. The van der Waals surface area contributed by atoms with Gasteiger partial charge in [0.05, 0.1) is 30.1 Å². The molecule has 2 aromatic heterocycles. The van der Waals surface area contributed by atoms with Gasteiger partial charge in [-0.05, 0) is 6.92 Å². The van der Waals surface area contributed by atoms with E-state index in [-0.39, 0.29) is 11.5 Å². The van der Waals surface area contributed by atoms with Crippen molar-refractivity contribution in [2.45, 2.75) is 39.2 Å². The SMILES string of the molecule is COc1c(C(N)c2nc(C(C)(C)C)cs2)c(C)nn1C. The molecular formula is C14H22N4OS. The third-order valence-corrected chi connectivity index (χ3v) is 4.20. The summed E-state index contributed by atoms with van der Waals surface area (Å²) in [5.74, 6) is 0.697. The predicted molar refractivity (Wildman–Crippen MR) is 81.3 cm³/mol. The molecule has 2 rings (SSSR count). The number of thiazole rings is 1. The molecule has 5 nitrogen and oxygen atoms in total. The van der Waals surface area contributed by atoms with Gasteiger partial charge in [-0.3, -0.25) is 0 Å². The third-order valence-electron chi connectivity index (χ3n) is 3.27. The second-order valence-electron chi connectivity index (χ2n) is 5.93. The number of rotatable bonds is 3. The van der Waals surface area contributed by atoms with E-state index in [9.17, 15) is 0 Å². The van der Waals surface area contributed by atoms with Gasteiger partial charge in [0.15, 0.2) is 0 Å². The number of hydrogen-bond donors (Lipinski definition) is 1. The second-order valence-corrected chi connectivity index (χ2v) is 6.82. The molecule has 6 heteroatoms. The van der Waals surface area contributed by atoms with E-state index >= 15 is 0 Å². The molecule has 1 unspecified atom stereocenters. The van der Waals surface area contributed by atoms with E-state index in [0.717, 1.165) is 22.0 Å². The normalized spacial score (nSPS) is 13.6. The second kappa shape index (κ2) is 5.18. The molecule has 0 radical (unpaired) electrons. The van der Waals surface area contributed by atoms with Gasteiger partial charge in [-0.25, -0.2) is 9.67 Å². The first-order valence-corrected chi connectivity index (χ1v) is 7.42.